The van der Waals surface area contributed by atoms with Crippen LogP contribution in [-0.4, -0.2) is 70.0 Å². The fourth-order valence-electron chi connectivity index (χ4n) is 2.72. The molecule has 1 aromatic carbocycles. The molecule has 10 heteroatoms. The highest BCUT2D eigenvalue weighted by Gasteiger charge is 2.27. The smallest absolute Gasteiger partial charge is 0.372 e. The van der Waals surface area contributed by atoms with Crippen molar-refractivity contribution >= 4 is 35.6 Å². The zero-order valence-corrected chi connectivity index (χ0v) is 17.5. The molecule has 1 heterocycles. The lowest BCUT2D eigenvalue weighted by atomic mass is 10.2. The van der Waals surface area contributed by atoms with Crippen LogP contribution in [0, 0.1) is 5.82 Å². The van der Waals surface area contributed by atoms with Crippen LogP contribution in [0.4, 0.5) is 23.2 Å². The number of nitrogens with one attached hydrogen (secondary N) is 1. The summed E-state index contributed by atoms with van der Waals surface area (Å²) in [4.78, 5) is 8.49. The number of rotatable bonds is 6. The molecule has 0 bridgehead atoms. The molecule has 0 atom stereocenters. The number of guanidine groups is 1. The third-order valence-electron chi connectivity index (χ3n) is 4.00. The monoisotopic (exact) mass is 504 g/mol. The molecule has 154 valence electrons. The Morgan fingerprint density at radius 1 is 1.15 bits per heavy atom. The van der Waals surface area contributed by atoms with Gasteiger partial charge in [0.2, 0.25) is 0 Å². The summed E-state index contributed by atoms with van der Waals surface area (Å²) in [6, 6.07) is 6.42. The van der Waals surface area contributed by atoms with Gasteiger partial charge in [0.1, 0.15) is 12.4 Å². The van der Waals surface area contributed by atoms with Crippen LogP contribution in [0.5, 0.6) is 0 Å². The van der Waals surface area contributed by atoms with Gasteiger partial charge in [0, 0.05) is 52.1 Å². The van der Waals surface area contributed by atoms with Crippen molar-refractivity contribution in [2.75, 3.05) is 57.9 Å². The van der Waals surface area contributed by atoms with Gasteiger partial charge in [0.15, 0.2) is 5.96 Å². The van der Waals surface area contributed by atoms with Crippen molar-refractivity contribution in [3.05, 3.63) is 30.1 Å². The van der Waals surface area contributed by atoms with Crippen LogP contribution in [0.15, 0.2) is 29.3 Å². The van der Waals surface area contributed by atoms with E-state index in [-0.39, 0.29) is 36.4 Å². The van der Waals surface area contributed by atoms with E-state index in [0.29, 0.717) is 13.0 Å². The number of piperazine rings is 1. The van der Waals surface area contributed by atoms with E-state index in [1.807, 2.05) is 0 Å². The van der Waals surface area contributed by atoms with Crippen molar-refractivity contribution in [1.29, 1.82) is 0 Å². The Balaban J connectivity index is 0.00000364. The van der Waals surface area contributed by atoms with Gasteiger partial charge in [-0.2, -0.15) is 13.2 Å². The molecule has 1 fully saturated rings. The summed E-state index contributed by atoms with van der Waals surface area (Å²) in [7, 11) is 1.68. The normalized spacial score (nSPS) is 15.5. The molecule has 5 nitrogen and oxygen atoms in total. The molecule has 1 aromatic rings. The van der Waals surface area contributed by atoms with Crippen LogP contribution < -0.4 is 10.2 Å². The lowest BCUT2D eigenvalue weighted by molar-refractivity contribution is -0.173. The maximum atomic E-state index is 13.0. The predicted octanol–water partition coefficient (Wildman–Crippen LogP) is 3.11. The first-order chi connectivity index (χ1) is 12.4. The minimum atomic E-state index is -4.28. The fraction of sp³-hybridized carbons (Fsp3) is 0.588. The third kappa shape index (κ3) is 8.50. The largest absolute Gasteiger partial charge is 0.411 e. The standard InChI is InChI=1S/C17H24F4N4O.HI/c1-22-16(23-7-2-12-26-13-17(19,20)21)25-10-8-24(9-11-25)15-5-3-14(18)4-6-15;/h3-6H,2,7-13H2,1H3,(H,22,23);1H. The molecule has 27 heavy (non-hydrogen) atoms. The van der Waals surface area contributed by atoms with E-state index in [1.54, 1.807) is 19.2 Å². The van der Waals surface area contributed by atoms with Crippen LogP contribution in [0.25, 0.3) is 0 Å². The fourth-order valence-corrected chi connectivity index (χ4v) is 2.72. The summed E-state index contributed by atoms with van der Waals surface area (Å²) < 4.78 is 53.5. The third-order valence-corrected chi connectivity index (χ3v) is 4.00. The average molecular weight is 504 g/mol. The molecule has 0 unspecified atom stereocenters. The number of ether oxygens (including phenoxy) is 1. The summed E-state index contributed by atoms with van der Waals surface area (Å²) >= 11 is 0. The van der Waals surface area contributed by atoms with Crippen molar-refractivity contribution in [1.82, 2.24) is 10.2 Å². The van der Waals surface area contributed by atoms with Gasteiger partial charge in [-0.15, -0.1) is 24.0 Å². The van der Waals surface area contributed by atoms with Crippen molar-refractivity contribution < 1.29 is 22.3 Å². The molecule has 0 spiro atoms. The average Bonchev–Trinajstić information content (AvgIpc) is 2.61. The van der Waals surface area contributed by atoms with Crippen LogP contribution in [-0.2, 0) is 4.74 Å². The number of hydrogen-bond acceptors (Lipinski definition) is 3. The van der Waals surface area contributed by atoms with Crippen molar-refractivity contribution in [3.8, 4) is 0 Å². The minimum Gasteiger partial charge on any atom is -0.372 e. The number of hydrogen-bond donors (Lipinski definition) is 1. The Kier molecular flexibility index (Phi) is 10.1. The lowest BCUT2D eigenvalue weighted by Gasteiger charge is -2.37. The summed E-state index contributed by atoms with van der Waals surface area (Å²) in [5, 5.41) is 3.15. The molecule has 1 N–H and O–H groups in total. The zero-order chi connectivity index (χ0) is 19.0. The summed E-state index contributed by atoms with van der Waals surface area (Å²) in [6.45, 7) is 2.38. The van der Waals surface area contributed by atoms with Gasteiger partial charge in [0.25, 0.3) is 0 Å². The number of aliphatic imine (C=N–C) groups is 1. The van der Waals surface area contributed by atoms with E-state index < -0.39 is 12.8 Å². The molecule has 1 aliphatic rings. The second-order valence-electron chi connectivity index (χ2n) is 5.95. The molecular weight excluding hydrogens is 479 g/mol. The molecule has 0 aromatic heterocycles. The summed E-state index contributed by atoms with van der Waals surface area (Å²) in [5.41, 5.74) is 0.982. The van der Waals surface area contributed by atoms with Crippen LogP contribution in [0.1, 0.15) is 6.42 Å². The molecule has 0 aliphatic carbocycles. The summed E-state index contributed by atoms with van der Waals surface area (Å²) in [5.74, 6) is 0.468. The molecular formula is C17H25F4IN4O. The molecule has 0 radical (unpaired) electrons. The first kappa shape index (κ1) is 23.7. The number of alkyl halides is 3. The van der Waals surface area contributed by atoms with Crippen molar-refractivity contribution in [2.24, 2.45) is 4.99 Å². The Labute approximate surface area is 173 Å². The molecule has 2 rings (SSSR count). The first-order valence-corrected chi connectivity index (χ1v) is 8.49. The van der Waals surface area contributed by atoms with E-state index in [1.165, 1.54) is 12.1 Å². The van der Waals surface area contributed by atoms with Crippen LogP contribution in [0.2, 0.25) is 0 Å². The highest BCUT2D eigenvalue weighted by atomic mass is 127. The van der Waals surface area contributed by atoms with Gasteiger partial charge in [0.05, 0.1) is 0 Å². The number of nitrogens with zero attached hydrogens (tertiary/aromatic N) is 3. The lowest BCUT2D eigenvalue weighted by Crippen LogP contribution is -2.52. The topological polar surface area (TPSA) is 40.1 Å². The zero-order valence-electron chi connectivity index (χ0n) is 15.1. The van der Waals surface area contributed by atoms with Gasteiger partial charge in [-0.25, -0.2) is 4.39 Å². The van der Waals surface area contributed by atoms with Gasteiger partial charge in [-0.05, 0) is 30.7 Å². The Bertz CT molecular complexity index is 575. The Morgan fingerprint density at radius 2 is 1.78 bits per heavy atom. The predicted molar refractivity (Wildman–Crippen MR) is 108 cm³/mol. The van der Waals surface area contributed by atoms with Crippen molar-refractivity contribution in [2.45, 2.75) is 12.6 Å². The minimum absolute atomic E-state index is 0. The second kappa shape index (κ2) is 11.5. The van der Waals surface area contributed by atoms with Gasteiger partial charge in [-0.3, -0.25) is 4.99 Å². The van der Waals surface area contributed by atoms with E-state index in [2.05, 4.69) is 24.8 Å². The van der Waals surface area contributed by atoms with E-state index in [0.717, 1.165) is 37.8 Å². The van der Waals surface area contributed by atoms with Crippen LogP contribution in [0.3, 0.4) is 0 Å². The van der Waals surface area contributed by atoms with Gasteiger partial charge >= 0.3 is 6.18 Å². The molecule has 1 aliphatic heterocycles. The van der Waals surface area contributed by atoms with E-state index in [9.17, 15) is 17.6 Å². The maximum absolute atomic E-state index is 13.0. The highest BCUT2D eigenvalue weighted by Crippen LogP contribution is 2.17. The van der Waals surface area contributed by atoms with Crippen LogP contribution >= 0.6 is 24.0 Å². The first-order valence-electron chi connectivity index (χ1n) is 8.49. The van der Waals surface area contributed by atoms with E-state index >= 15 is 0 Å². The molecule has 0 amide bonds. The van der Waals surface area contributed by atoms with Gasteiger partial charge in [-0.1, -0.05) is 0 Å². The number of benzene rings is 1. The van der Waals surface area contributed by atoms with E-state index in [4.69, 9.17) is 0 Å². The molecule has 0 saturated carbocycles. The number of anilines is 1. The van der Waals surface area contributed by atoms with Gasteiger partial charge < -0.3 is 19.9 Å². The highest BCUT2D eigenvalue weighted by molar-refractivity contribution is 14.0. The summed E-state index contributed by atoms with van der Waals surface area (Å²) in [6.07, 6.45) is -3.82. The Hall–Kier alpha value is -1.30. The Morgan fingerprint density at radius 3 is 2.33 bits per heavy atom. The maximum Gasteiger partial charge on any atom is 0.411 e. The quantitative estimate of drug-likeness (QED) is 0.213. The SMILES string of the molecule is CN=C(NCCCOCC(F)(F)F)N1CCN(c2ccc(F)cc2)CC1.I. The van der Waals surface area contributed by atoms with Crippen molar-refractivity contribution in [3.63, 3.8) is 0 Å². The second-order valence-corrected chi connectivity index (χ2v) is 5.95. The number of halogens is 5. The molecule has 1 saturated heterocycles.